The van der Waals surface area contributed by atoms with Crippen molar-refractivity contribution in [3.8, 4) is 95.5 Å². The molecule has 14 rings (SSSR count). The van der Waals surface area contributed by atoms with Crippen LogP contribution in [0.1, 0.15) is 0 Å². The molecule has 12 aromatic carbocycles. The van der Waals surface area contributed by atoms with Crippen LogP contribution in [0.3, 0.4) is 0 Å². The van der Waals surface area contributed by atoms with Crippen LogP contribution in [0, 0.1) is 0 Å². The van der Waals surface area contributed by atoms with Crippen LogP contribution in [0.15, 0.2) is 309 Å². The standard InChI is InChI=1S/C75H51N5/c1-6-21-52(22-7-1)55-37-41-57(42-38-55)68-50-62(75-77-73(59-27-12-4-13-28-59)76-74(78-75)60-29-14-5-15-30-60)51-69(58-43-39-56(40-44-58)53-23-8-2-9-24-53)72(68)79(65-32-20-31-61(49-65)54-25-10-3-11-26-54)63-45-47-64(48-46-63)80-70-35-18-16-33-66(70)67-34-17-19-36-71(67)80/h1-51H. The van der Waals surface area contributed by atoms with E-state index in [1.54, 1.807) is 0 Å². The van der Waals surface area contributed by atoms with Crippen molar-refractivity contribution >= 4 is 38.9 Å². The number of benzene rings is 12. The first-order valence-corrected chi connectivity index (χ1v) is 27.1. The van der Waals surface area contributed by atoms with Gasteiger partial charge in [0.05, 0.1) is 16.7 Å². The highest BCUT2D eigenvalue weighted by molar-refractivity contribution is 6.09. The molecular weight excluding hydrogens is 971 g/mol. The summed E-state index contributed by atoms with van der Waals surface area (Å²) >= 11 is 0. The molecule has 80 heavy (non-hydrogen) atoms. The van der Waals surface area contributed by atoms with E-state index in [0.717, 1.165) is 106 Å². The molecule has 14 aromatic rings. The van der Waals surface area contributed by atoms with Gasteiger partial charge >= 0.3 is 0 Å². The topological polar surface area (TPSA) is 46.8 Å². The van der Waals surface area contributed by atoms with Crippen LogP contribution in [0.5, 0.6) is 0 Å². The average Bonchev–Trinajstić information content (AvgIpc) is 3.91. The Kier molecular flexibility index (Phi) is 12.5. The van der Waals surface area contributed by atoms with Crippen molar-refractivity contribution in [2.45, 2.75) is 0 Å². The molecule has 5 heteroatoms. The van der Waals surface area contributed by atoms with Gasteiger partial charge in [-0.25, -0.2) is 15.0 Å². The molecule has 0 amide bonds. The van der Waals surface area contributed by atoms with Gasteiger partial charge in [-0.15, -0.1) is 0 Å². The van der Waals surface area contributed by atoms with Gasteiger partial charge < -0.3 is 9.47 Å². The molecule has 2 heterocycles. The molecular formula is C75H51N5. The Morgan fingerprint density at radius 1 is 0.237 bits per heavy atom. The lowest BCUT2D eigenvalue weighted by Gasteiger charge is -2.31. The molecule has 0 unspecified atom stereocenters. The van der Waals surface area contributed by atoms with Crippen LogP contribution in [0.4, 0.5) is 17.1 Å². The molecule has 376 valence electrons. The van der Waals surface area contributed by atoms with Gasteiger partial charge in [0.25, 0.3) is 0 Å². The number of hydrogen-bond acceptors (Lipinski definition) is 4. The van der Waals surface area contributed by atoms with E-state index in [1.165, 1.54) is 10.8 Å². The largest absolute Gasteiger partial charge is 0.309 e. The lowest BCUT2D eigenvalue weighted by Crippen LogP contribution is -2.13. The predicted octanol–water partition coefficient (Wildman–Crippen LogP) is 19.8. The minimum Gasteiger partial charge on any atom is -0.309 e. The summed E-state index contributed by atoms with van der Waals surface area (Å²) in [7, 11) is 0. The zero-order valence-electron chi connectivity index (χ0n) is 43.7. The quantitative estimate of drug-likeness (QED) is 0.122. The third kappa shape index (κ3) is 9.19. The van der Waals surface area contributed by atoms with E-state index in [4.69, 9.17) is 15.0 Å². The van der Waals surface area contributed by atoms with Crippen molar-refractivity contribution in [3.63, 3.8) is 0 Å². The normalized spacial score (nSPS) is 11.2. The first kappa shape index (κ1) is 47.7. The van der Waals surface area contributed by atoms with Crippen molar-refractivity contribution < 1.29 is 0 Å². The summed E-state index contributed by atoms with van der Waals surface area (Å²) in [4.78, 5) is 18.3. The third-order valence-corrected chi connectivity index (χ3v) is 15.1. The second kappa shape index (κ2) is 21.0. The summed E-state index contributed by atoms with van der Waals surface area (Å²) < 4.78 is 2.38. The Labute approximate surface area is 465 Å². The molecule has 0 aliphatic carbocycles. The van der Waals surface area contributed by atoms with E-state index < -0.39 is 0 Å². The summed E-state index contributed by atoms with van der Waals surface area (Å²) in [6.07, 6.45) is 0. The fraction of sp³-hybridized carbons (Fsp3) is 0. The van der Waals surface area contributed by atoms with Gasteiger partial charge in [0.2, 0.25) is 0 Å². The van der Waals surface area contributed by atoms with Crippen molar-refractivity contribution in [1.82, 2.24) is 19.5 Å². The summed E-state index contributed by atoms with van der Waals surface area (Å²) in [5.41, 5.74) is 20.0. The molecule has 0 aliphatic rings. The second-order valence-corrected chi connectivity index (χ2v) is 20.0. The molecule has 0 N–H and O–H groups in total. The van der Waals surface area contributed by atoms with Gasteiger partial charge in [-0.2, -0.15) is 0 Å². The first-order chi connectivity index (χ1) is 39.7. The van der Waals surface area contributed by atoms with Gasteiger partial charge in [-0.05, 0) is 105 Å². The SMILES string of the molecule is c1ccc(-c2ccc(-c3cc(-c4nc(-c5ccccc5)nc(-c5ccccc5)n4)cc(-c4ccc(-c5ccccc5)cc4)c3N(c3ccc(-n4c5ccccc5c5ccccc54)cc3)c3cccc(-c4ccccc4)c3)cc2)cc1. The van der Waals surface area contributed by atoms with Gasteiger partial charge in [0.15, 0.2) is 17.5 Å². The van der Waals surface area contributed by atoms with E-state index in [1.807, 2.05) is 36.4 Å². The van der Waals surface area contributed by atoms with Crippen LogP contribution in [0.2, 0.25) is 0 Å². The number of hydrogen-bond donors (Lipinski definition) is 0. The molecule has 0 spiro atoms. The molecule has 0 saturated carbocycles. The Bertz CT molecular complexity index is 4250. The summed E-state index contributed by atoms with van der Waals surface area (Å²) in [6.45, 7) is 0. The van der Waals surface area contributed by atoms with Gasteiger partial charge in [-0.3, -0.25) is 0 Å². The minimum atomic E-state index is 0.571. The number of nitrogens with zero attached hydrogens (tertiary/aromatic N) is 5. The molecule has 0 atom stereocenters. The first-order valence-electron chi connectivity index (χ1n) is 27.1. The zero-order valence-corrected chi connectivity index (χ0v) is 43.7. The van der Waals surface area contributed by atoms with Crippen LogP contribution < -0.4 is 4.90 Å². The van der Waals surface area contributed by atoms with E-state index in [0.29, 0.717) is 17.5 Å². The van der Waals surface area contributed by atoms with Gasteiger partial charge in [-0.1, -0.05) is 249 Å². The van der Waals surface area contributed by atoms with Crippen molar-refractivity contribution in [1.29, 1.82) is 0 Å². The molecule has 0 bridgehead atoms. The number of anilines is 3. The molecule has 0 fully saturated rings. The van der Waals surface area contributed by atoms with Crippen LogP contribution in [-0.2, 0) is 0 Å². The highest BCUT2D eigenvalue weighted by atomic mass is 15.1. The second-order valence-electron chi connectivity index (χ2n) is 20.0. The molecule has 0 saturated heterocycles. The van der Waals surface area contributed by atoms with Crippen LogP contribution in [-0.4, -0.2) is 19.5 Å². The zero-order chi connectivity index (χ0) is 53.2. The molecule has 2 aromatic heterocycles. The predicted molar refractivity (Wildman–Crippen MR) is 332 cm³/mol. The number of rotatable bonds is 12. The Morgan fingerprint density at radius 2 is 0.588 bits per heavy atom. The minimum absolute atomic E-state index is 0.571. The lowest BCUT2D eigenvalue weighted by molar-refractivity contribution is 1.07. The lowest BCUT2D eigenvalue weighted by atomic mass is 9.90. The third-order valence-electron chi connectivity index (χ3n) is 15.1. The Morgan fingerprint density at radius 3 is 1.04 bits per heavy atom. The van der Waals surface area contributed by atoms with E-state index in [2.05, 4.69) is 282 Å². The number of para-hydroxylation sites is 2. The number of fused-ring (bicyclic) bond motifs is 3. The Hall–Kier alpha value is -10.8. The van der Waals surface area contributed by atoms with Crippen LogP contribution >= 0.6 is 0 Å². The maximum absolute atomic E-state index is 5.35. The summed E-state index contributed by atoms with van der Waals surface area (Å²) in [5, 5.41) is 2.45. The average molecular weight is 1020 g/mol. The van der Waals surface area contributed by atoms with Gasteiger partial charge in [0, 0.05) is 55.7 Å². The fourth-order valence-corrected chi connectivity index (χ4v) is 11.1. The molecule has 5 nitrogen and oxygen atoms in total. The Balaban J connectivity index is 1.06. The molecule has 0 radical (unpaired) electrons. The highest BCUT2D eigenvalue weighted by Gasteiger charge is 2.26. The number of aromatic nitrogens is 4. The smallest absolute Gasteiger partial charge is 0.164 e. The maximum atomic E-state index is 5.35. The fourth-order valence-electron chi connectivity index (χ4n) is 11.1. The summed E-state index contributed by atoms with van der Waals surface area (Å²) in [6, 6.07) is 110. The van der Waals surface area contributed by atoms with E-state index >= 15 is 0 Å². The van der Waals surface area contributed by atoms with Gasteiger partial charge in [0.1, 0.15) is 0 Å². The monoisotopic (exact) mass is 1020 g/mol. The van der Waals surface area contributed by atoms with E-state index in [-0.39, 0.29) is 0 Å². The van der Waals surface area contributed by atoms with Crippen molar-refractivity contribution in [2.24, 2.45) is 0 Å². The van der Waals surface area contributed by atoms with Crippen molar-refractivity contribution in [3.05, 3.63) is 309 Å². The van der Waals surface area contributed by atoms with E-state index in [9.17, 15) is 0 Å². The molecule has 0 aliphatic heterocycles. The highest BCUT2D eigenvalue weighted by Crippen LogP contribution is 2.50. The van der Waals surface area contributed by atoms with Crippen LogP contribution in [0.25, 0.3) is 117 Å². The maximum Gasteiger partial charge on any atom is 0.164 e. The summed E-state index contributed by atoms with van der Waals surface area (Å²) in [5.74, 6) is 1.77. The van der Waals surface area contributed by atoms with Crippen molar-refractivity contribution in [2.75, 3.05) is 4.90 Å².